The fourth-order valence-corrected chi connectivity index (χ4v) is 0.785. The molecule has 1 atom stereocenters. The molecule has 1 amide bonds. The molecule has 0 heterocycles. The molecule has 0 bridgehead atoms. The standard InChI is InChI=1S/C9H18N2O3/c1-4-6(7(12)13)11-8(14)9(2,3)5-10/h6H,4-5,10H2,1-3H3,(H,11,14)(H,12,13)/t6-/m0/s1. The van der Waals surface area contributed by atoms with E-state index in [-0.39, 0.29) is 12.5 Å². The summed E-state index contributed by atoms with van der Waals surface area (Å²) in [5.41, 5.74) is 4.67. The number of hydrogen-bond donors (Lipinski definition) is 3. The summed E-state index contributed by atoms with van der Waals surface area (Å²) < 4.78 is 0. The minimum absolute atomic E-state index is 0.189. The van der Waals surface area contributed by atoms with Crippen molar-refractivity contribution in [2.24, 2.45) is 11.1 Å². The predicted molar refractivity (Wildman–Crippen MR) is 52.7 cm³/mol. The molecule has 5 nitrogen and oxygen atoms in total. The van der Waals surface area contributed by atoms with Gasteiger partial charge in [-0.3, -0.25) is 4.79 Å². The van der Waals surface area contributed by atoms with Gasteiger partial charge in [0, 0.05) is 6.54 Å². The quantitative estimate of drug-likeness (QED) is 0.582. The number of nitrogens with two attached hydrogens (primary N) is 1. The average molecular weight is 202 g/mol. The fourth-order valence-electron chi connectivity index (χ4n) is 0.785. The van der Waals surface area contributed by atoms with Crippen molar-refractivity contribution >= 4 is 11.9 Å². The lowest BCUT2D eigenvalue weighted by molar-refractivity contribution is -0.143. The molecule has 82 valence electrons. The Bertz CT molecular complexity index is 226. The minimum atomic E-state index is -1.02. The molecule has 0 spiro atoms. The van der Waals surface area contributed by atoms with E-state index in [9.17, 15) is 9.59 Å². The van der Waals surface area contributed by atoms with E-state index in [1.165, 1.54) is 0 Å². The van der Waals surface area contributed by atoms with Gasteiger partial charge in [-0.05, 0) is 20.3 Å². The molecule has 0 saturated carbocycles. The Balaban J connectivity index is 4.37. The summed E-state index contributed by atoms with van der Waals surface area (Å²) in [5, 5.41) is 11.2. The third-order valence-electron chi connectivity index (χ3n) is 2.14. The van der Waals surface area contributed by atoms with Crippen molar-refractivity contribution < 1.29 is 14.7 Å². The topological polar surface area (TPSA) is 92.4 Å². The molecule has 5 heteroatoms. The van der Waals surface area contributed by atoms with Crippen molar-refractivity contribution in [2.45, 2.75) is 33.2 Å². The number of amides is 1. The maximum atomic E-state index is 11.5. The lowest BCUT2D eigenvalue weighted by Gasteiger charge is -2.23. The molecule has 0 unspecified atom stereocenters. The molecule has 0 rings (SSSR count). The summed E-state index contributed by atoms with van der Waals surface area (Å²) in [7, 11) is 0. The Morgan fingerprint density at radius 2 is 2.00 bits per heavy atom. The van der Waals surface area contributed by atoms with Crippen molar-refractivity contribution in [3.8, 4) is 0 Å². The van der Waals surface area contributed by atoms with Gasteiger partial charge in [-0.2, -0.15) is 0 Å². The molecular weight excluding hydrogens is 184 g/mol. The van der Waals surface area contributed by atoms with Crippen LogP contribution >= 0.6 is 0 Å². The number of carboxylic acids is 1. The molecule has 0 aliphatic heterocycles. The first-order valence-corrected chi connectivity index (χ1v) is 4.59. The Morgan fingerprint density at radius 1 is 1.50 bits per heavy atom. The van der Waals surface area contributed by atoms with Crippen LogP contribution in [0.2, 0.25) is 0 Å². The second-order valence-corrected chi connectivity index (χ2v) is 3.86. The van der Waals surface area contributed by atoms with Crippen molar-refractivity contribution in [1.82, 2.24) is 5.32 Å². The van der Waals surface area contributed by atoms with Crippen LogP contribution in [0.25, 0.3) is 0 Å². The van der Waals surface area contributed by atoms with Gasteiger partial charge in [-0.25, -0.2) is 4.79 Å². The van der Waals surface area contributed by atoms with Gasteiger partial charge in [0.25, 0.3) is 0 Å². The Kier molecular flexibility index (Phi) is 4.56. The first-order valence-electron chi connectivity index (χ1n) is 4.59. The average Bonchev–Trinajstić information content (AvgIpc) is 2.12. The number of nitrogens with one attached hydrogen (secondary N) is 1. The predicted octanol–water partition coefficient (Wildman–Crippen LogP) is -0.0493. The third kappa shape index (κ3) is 3.33. The number of hydrogen-bond acceptors (Lipinski definition) is 3. The van der Waals surface area contributed by atoms with Gasteiger partial charge >= 0.3 is 5.97 Å². The van der Waals surface area contributed by atoms with Gasteiger partial charge in [-0.15, -0.1) is 0 Å². The number of rotatable bonds is 5. The summed E-state index contributed by atoms with van der Waals surface area (Å²) in [6.45, 7) is 5.25. The van der Waals surface area contributed by atoms with Crippen LogP contribution in [0, 0.1) is 5.41 Å². The third-order valence-corrected chi connectivity index (χ3v) is 2.14. The van der Waals surface area contributed by atoms with Crippen LogP contribution in [0.15, 0.2) is 0 Å². The lowest BCUT2D eigenvalue weighted by atomic mass is 9.92. The zero-order valence-electron chi connectivity index (χ0n) is 8.83. The van der Waals surface area contributed by atoms with E-state index >= 15 is 0 Å². The maximum Gasteiger partial charge on any atom is 0.326 e. The zero-order chi connectivity index (χ0) is 11.4. The first-order chi connectivity index (χ1) is 6.35. The molecule has 0 fully saturated rings. The number of carboxylic acid groups (broad SMARTS) is 1. The highest BCUT2D eigenvalue weighted by atomic mass is 16.4. The maximum absolute atomic E-state index is 11.5. The van der Waals surface area contributed by atoms with Gasteiger partial charge in [0.05, 0.1) is 5.41 Å². The highest BCUT2D eigenvalue weighted by molar-refractivity contribution is 5.87. The van der Waals surface area contributed by atoms with Crippen LogP contribution in [-0.2, 0) is 9.59 Å². The van der Waals surface area contributed by atoms with E-state index in [0.717, 1.165) is 0 Å². The number of carbonyl (C=O) groups is 2. The Morgan fingerprint density at radius 3 is 2.29 bits per heavy atom. The summed E-state index contributed by atoms with van der Waals surface area (Å²) in [4.78, 5) is 22.2. The normalized spacial score (nSPS) is 13.4. The van der Waals surface area contributed by atoms with Crippen molar-refractivity contribution in [3.05, 3.63) is 0 Å². The minimum Gasteiger partial charge on any atom is -0.480 e. The van der Waals surface area contributed by atoms with Crippen LogP contribution in [-0.4, -0.2) is 29.6 Å². The highest BCUT2D eigenvalue weighted by Gasteiger charge is 2.29. The first kappa shape index (κ1) is 12.9. The van der Waals surface area contributed by atoms with Gasteiger partial charge in [0.1, 0.15) is 6.04 Å². The van der Waals surface area contributed by atoms with Crippen LogP contribution in [0.4, 0.5) is 0 Å². The van der Waals surface area contributed by atoms with Gasteiger partial charge < -0.3 is 16.2 Å². The molecule has 0 saturated heterocycles. The molecule has 0 aliphatic carbocycles. The van der Waals surface area contributed by atoms with Crippen LogP contribution in [0.1, 0.15) is 27.2 Å². The molecule has 0 aromatic rings. The van der Waals surface area contributed by atoms with E-state index in [0.29, 0.717) is 6.42 Å². The summed E-state index contributed by atoms with van der Waals surface area (Å²) in [6.07, 6.45) is 0.363. The van der Waals surface area contributed by atoms with E-state index in [4.69, 9.17) is 10.8 Å². The van der Waals surface area contributed by atoms with Crippen molar-refractivity contribution in [3.63, 3.8) is 0 Å². The lowest BCUT2D eigenvalue weighted by Crippen LogP contribution is -2.48. The van der Waals surface area contributed by atoms with Crippen LogP contribution in [0.5, 0.6) is 0 Å². The van der Waals surface area contributed by atoms with Crippen LogP contribution in [0.3, 0.4) is 0 Å². The highest BCUT2D eigenvalue weighted by Crippen LogP contribution is 2.12. The van der Waals surface area contributed by atoms with E-state index in [2.05, 4.69) is 5.32 Å². The molecular formula is C9H18N2O3. The van der Waals surface area contributed by atoms with Gasteiger partial charge in [0.15, 0.2) is 0 Å². The monoisotopic (exact) mass is 202 g/mol. The SMILES string of the molecule is CC[C@H](NC(=O)C(C)(C)CN)C(=O)O. The largest absolute Gasteiger partial charge is 0.480 e. The molecule has 0 aromatic heterocycles. The van der Waals surface area contributed by atoms with Gasteiger partial charge in [0.2, 0.25) is 5.91 Å². The van der Waals surface area contributed by atoms with E-state index < -0.39 is 17.4 Å². The second-order valence-electron chi connectivity index (χ2n) is 3.86. The second kappa shape index (κ2) is 4.95. The fraction of sp³-hybridized carbons (Fsp3) is 0.778. The van der Waals surface area contributed by atoms with Gasteiger partial charge in [-0.1, -0.05) is 6.92 Å². The van der Waals surface area contributed by atoms with Crippen LogP contribution < -0.4 is 11.1 Å². The molecule has 14 heavy (non-hydrogen) atoms. The summed E-state index contributed by atoms with van der Waals surface area (Å²) in [5.74, 6) is -1.34. The summed E-state index contributed by atoms with van der Waals surface area (Å²) >= 11 is 0. The molecule has 0 radical (unpaired) electrons. The molecule has 0 aliphatic rings. The molecule has 0 aromatic carbocycles. The number of aliphatic carboxylic acids is 1. The number of carbonyl (C=O) groups excluding carboxylic acids is 1. The molecule has 4 N–H and O–H groups in total. The van der Waals surface area contributed by atoms with Crippen molar-refractivity contribution in [1.29, 1.82) is 0 Å². The van der Waals surface area contributed by atoms with E-state index in [1.807, 2.05) is 0 Å². The smallest absolute Gasteiger partial charge is 0.326 e. The Labute approximate surface area is 83.7 Å². The van der Waals surface area contributed by atoms with E-state index in [1.54, 1.807) is 20.8 Å². The summed E-state index contributed by atoms with van der Waals surface area (Å²) in [6, 6.07) is -0.826. The van der Waals surface area contributed by atoms with Crippen molar-refractivity contribution in [2.75, 3.05) is 6.54 Å². The Hall–Kier alpha value is -1.10. The zero-order valence-corrected chi connectivity index (χ0v) is 8.83.